The van der Waals surface area contributed by atoms with Gasteiger partial charge in [0.2, 0.25) is 0 Å². The largest absolute Gasteiger partial charge is 0.495 e. The van der Waals surface area contributed by atoms with E-state index < -0.39 is 5.97 Å². The van der Waals surface area contributed by atoms with Crippen LogP contribution >= 0.6 is 0 Å². The molecule has 8 heteroatoms. The molecule has 0 aliphatic carbocycles. The maximum Gasteiger partial charge on any atom is 0.337 e. The number of carbonyl (C=O) groups excluding carboxylic acids is 1. The highest BCUT2D eigenvalue weighted by Gasteiger charge is 2.19. The molecule has 0 unspecified atom stereocenters. The summed E-state index contributed by atoms with van der Waals surface area (Å²) in [6.45, 7) is 2.52. The number of esters is 1. The Balaban J connectivity index is 1.81. The molecule has 4 rings (SSSR count). The van der Waals surface area contributed by atoms with E-state index in [9.17, 15) is 4.79 Å². The minimum absolute atomic E-state index is 0.404. The lowest BCUT2D eigenvalue weighted by Gasteiger charge is -2.13. The van der Waals surface area contributed by atoms with E-state index in [0.717, 1.165) is 31.0 Å². The summed E-state index contributed by atoms with van der Waals surface area (Å²) in [6, 6.07) is 7.17. The van der Waals surface area contributed by atoms with Gasteiger partial charge in [0.15, 0.2) is 5.82 Å². The molecule has 3 heterocycles. The second-order valence-electron chi connectivity index (χ2n) is 5.92. The number of benzene rings is 1. The summed E-state index contributed by atoms with van der Waals surface area (Å²) in [4.78, 5) is 16.4. The maximum atomic E-state index is 11.9. The van der Waals surface area contributed by atoms with Gasteiger partial charge < -0.3 is 14.8 Å². The van der Waals surface area contributed by atoms with Crippen molar-refractivity contribution < 1.29 is 14.3 Å². The summed E-state index contributed by atoms with van der Waals surface area (Å²) in [5.74, 6) is 0.911. The summed E-state index contributed by atoms with van der Waals surface area (Å²) >= 11 is 0. The molecule has 1 N–H and O–H groups in total. The molecular formula is C18H19N5O3. The summed E-state index contributed by atoms with van der Waals surface area (Å²) in [7, 11) is 2.95. The van der Waals surface area contributed by atoms with Crippen molar-refractivity contribution in [2.45, 2.75) is 13.1 Å². The normalized spacial score (nSPS) is 13.3. The Morgan fingerprint density at radius 2 is 2.15 bits per heavy atom. The molecule has 0 radical (unpaired) electrons. The first-order valence-corrected chi connectivity index (χ1v) is 8.29. The minimum Gasteiger partial charge on any atom is -0.495 e. The minimum atomic E-state index is -0.404. The lowest BCUT2D eigenvalue weighted by Crippen LogP contribution is -2.28. The van der Waals surface area contributed by atoms with Crippen LogP contribution in [0.25, 0.3) is 17.2 Å². The van der Waals surface area contributed by atoms with Crippen molar-refractivity contribution in [3.63, 3.8) is 0 Å². The molecule has 0 saturated carbocycles. The highest BCUT2D eigenvalue weighted by atomic mass is 16.5. The average Bonchev–Trinajstić information content (AvgIpc) is 3.33. The number of nitrogens with zero attached hydrogens (tertiary/aromatic N) is 4. The van der Waals surface area contributed by atoms with Gasteiger partial charge in [-0.3, -0.25) is 9.25 Å². The van der Waals surface area contributed by atoms with E-state index in [-0.39, 0.29) is 0 Å². The SMILES string of the molecule is COC(=O)c1ccc(OC)c(-n2ccnc2-c2cc3n(n2)CCNC3)c1. The van der Waals surface area contributed by atoms with Gasteiger partial charge in [0.1, 0.15) is 11.4 Å². The van der Waals surface area contributed by atoms with Crippen LogP contribution in [0, 0.1) is 0 Å². The predicted octanol–water partition coefficient (Wildman–Crippen LogP) is 1.63. The number of fused-ring (bicyclic) bond motifs is 1. The quantitative estimate of drug-likeness (QED) is 0.718. The van der Waals surface area contributed by atoms with Crippen LogP contribution in [0.4, 0.5) is 0 Å². The van der Waals surface area contributed by atoms with Crippen molar-refractivity contribution in [2.75, 3.05) is 20.8 Å². The molecule has 0 atom stereocenters. The first kappa shape index (κ1) is 16.3. The van der Waals surface area contributed by atoms with Crippen LogP contribution in [-0.4, -0.2) is 46.1 Å². The van der Waals surface area contributed by atoms with Crippen LogP contribution < -0.4 is 10.1 Å². The van der Waals surface area contributed by atoms with Gasteiger partial charge >= 0.3 is 5.97 Å². The lowest BCUT2D eigenvalue weighted by atomic mass is 10.1. The van der Waals surface area contributed by atoms with Crippen molar-refractivity contribution in [2.24, 2.45) is 0 Å². The monoisotopic (exact) mass is 353 g/mol. The fourth-order valence-corrected chi connectivity index (χ4v) is 3.11. The zero-order valence-corrected chi connectivity index (χ0v) is 14.6. The van der Waals surface area contributed by atoms with Gasteiger partial charge in [-0.25, -0.2) is 9.78 Å². The molecule has 26 heavy (non-hydrogen) atoms. The van der Waals surface area contributed by atoms with Gasteiger partial charge in [0.25, 0.3) is 0 Å². The van der Waals surface area contributed by atoms with Gasteiger partial charge in [0, 0.05) is 25.5 Å². The van der Waals surface area contributed by atoms with E-state index >= 15 is 0 Å². The maximum absolute atomic E-state index is 11.9. The number of hydrogen-bond acceptors (Lipinski definition) is 6. The Hall–Kier alpha value is -3.13. The number of imidazole rings is 1. The molecule has 1 aliphatic heterocycles. The molecule has 2 aromatic heterocycles. The molecule has 134 valence electrons. The molecule has 0 spiro atoms. The molecule has 0 saturated heterocycles. The molecule has 1 aliphatic rings. The van der Waals surface area contributed by atoms with Crippen LogP contribution in [0.5, 0.6) is 5.75 Å². The van der Waals surface area contributed by atoms with Crippen molar-refractivity contribution in [3.05, 3.63) is 47.9 Å². The van der Waals surface area contributed by atoms with Crippen LogP contribution in [0.1, 0.15) is 16.1 Å². The second kappa shape index (κ2) is 6.64. The number of ether oxygens (including phenoxy) is 2. The third-order valence-corrected chi connectivity index (χ3v) is 4.40. The van der Waals surface area contributed by atoms with Crippen LogP contribution in [0.2, 0.25) is 0 Å². The highest BCUT2D eigenvalue weighted by molar-refractivity contribution is 5.90. The van der Waals surface area contributed by atoms with E-state index in [1.54, 1.807) is 31.5 Å². The Kier molecular flexibility index (Phi) is 4.18. The predicted molar refractivity (Wildman–Crippen MR) is 94.4 cm³/mol. The first-order chi connectivity index (χ1) is 12.7. The fourth-order valence-electron chi connectivity index (χ4n) is 3.11. The van der Waals surface area contributed by atoms with E-state index in [0.29, 0.717) is 22.8 Å². The first-order valence-electron chi connectivity index (χ1n) is 8.29. The number of methoxy groups -OCH3 is 2. The molecule has 0 bridgehead atoms. The third-order valence-electron chi connectivity index (χ3n) is 4.40. The summed E-state index contributed by atoms with van der Waals surface area (Å²) < 4.78 is 14.2. The van der Waals surface area contributed by atoms with E-state index in [1.807, 2.05) is 21.5 Å². The van der Waals surface area contributed by atoms with Gasteiger partial charge in [0.05, 0.1) is 37.7 Å². The molecular weight excluding hydrogens is 334 g/mol. The standard InChI is InChI=1S/C18H19N5O3/c1-25-16-4-3-12(18(24)26-2)9-15(16)22-7-6-20-17(22)14-10-13-11-19-5-8-23(13)21-14/h3-4,6-7,9-10,19H,5,8,11H2,1-2H3. The lowest BCUT2D eigenvalue weighted by molar-refractivity contribution is 0.0600. The van der Waals surface area contributed by atoms with E-state index in [2.05, 4.69) is 15.4 Å². The van der Waals surface area contributed by atoms with Crippen molar-refractivity contribution in [3.8, 4) is 23.0 Å². The molecule has 8 nitrogen and oxygen atoms in total. The van der Waals surface area contributed by atoms with Crippen LogP contribution in [-0.2, 0) is 17.8 Å². The Morgan fingerprint density at radius 1 is 1.27 bits per heavy atom. The fraction of sp³-hybridized carbons (Fsp3) is 0.278. The summed E-state index contributed by atoms with van der Waals surface area (Å²) in [5, 5.41) is 8.00. The summed E-state index contributed by atoms with van der Waals surface area (Å²) in [5.41, 5.74) is 3.04. The second-order valence-corrected chi connectivity index (χ2v) is 5.92. The zero-order valence-electron chi connectivity index (χ0n) is 14.6. The number of carbonyl (C=O) groups is 1. The molecule has 3 aromatic rings. The smallest absolute Gasteiger partial charge is 0.337 e. The van der Waals surface area contributed by atoms with Gasteiger partial charge in [-0.05, 0) is 24.3 Å². The molecule has 0 amide bonds. The Bertz CT molecular complexity index is 936. The topological polar surface area (TPSA) is 83.2 Å². The van der Waals surface area contributed by atoms with Gasteiger partial charge in [-0.2, -0.15) is 5.10 Å². The Labute approximate surface area is 150 Å². The van der Waals surface area contributed by atoms with Crippen LogP contribution in [0.15, 0.2) is 36.7 Å². The number of aromatic nitrogens is 4. The van der Waals surface area contributed by atoms with Gasteiger partial charge in [-0.15, -0.1) is 0 Å². The Morgan fingerprint density at radius 3 is 2.92 bits per heavy atom. The van der Waals surface area contributed by atoms with Crippen LogP contribution in [0.3, 0.4) is 0 Å². The summed E-state index contributed by atoms with van der Waals surface area (Å²) in [6.07, 6.45) is 3.53. The number of nitrogens with one attached hydrogen (secondary N) is 1. The average molecular weight is 353 g/mol. The highest BCUT2D eigenvalue weighted by Crippen LogP contribution is 2.29. The van der Waals surface area contributed by atoms with Crippen molar-refractivity contribution >= 4 is 5.97 Å². The van der Waals surface area contributed by atoms with E-state index in [1.165, 1.54) is 7.11 Å². The number of hydrogen-bond donors (Lipinski definition) is 1. The number of rotatable bonds is 4. The van der Waals surface area contributed by atoms with Crippen molar-refractivity contribution in [1.82, 2.24) is 24.6 Å². The zero-order chi connectivity index (χ0) is 18.1. The molecule has 0 fully saturated rings. The van der Waals surface area contributed by atoms with Gasteiger partial charge in [-0.1, -0.05) is 0 Å². The van der Waals surface area contributed by atoms with E-state index in [4.69, 9.17) is 9.47 Å². The molecule has 1 aromatic carbocycles. The van der Waals surface area contributed by atoms with Crippen molar-refractivity contribution in [1.29, 1.82) is 0 Å². The third kappa shape index (κ3) is 2.74.